The number of phenolic OH excluding ortho intramolecular Hbond substituents is 1. The SMILES string of the molecule is O=C(NCc1ccccc1)Oc1ccc2cc(O)ccc2c1. The molecule has 0 aromatic heterocycles. The zero-order chi connectivity index (χ0) is 15.4. The van der Waals surface area contributed by atoms with Gasteiger partial charge in [0.1, 0.15) is 11.5 Å². The van der Waals surface area contributed by atoms with Crippen molar-refractivity contribution >= 4 is 16.9 Å². The highest BCUT2D eigenvalue weighted by Gasteiger charge is 2.05. The summed E-state index contributed by atoms with van der Waals surface area (Å²) in [5, 5.41) is 13.9. The Morgan fingerprint density at radius 1 is 0.955 bits per heavy atom. The standard InChI is InChI=1S/C18H15NO3/c20-16-8-6-15-11-17(9-7-14(15)10-16)22-18(21)19-12-13-4-2-1-3-5-13/h1-11,20H,12H2,(H,19,21). The molecule has 0 aliphatic rings. The van der Waals surface area contributed by atoms with Gasteiger partial charge in [0.15, 0.2) is 0 Å². The minimum Gasteiger partial charge on any atom is -0.508 e. The van der Waals surface area contributed by atoms with Crippen molar-refractivity contribution in [2.24, 2.45) is 0 Å². The second kappa shape index (κ2) is 6.18. The molecule has 22 heavy (non-hydrogen) atoms. The van der Waals surface area contributed by atoms with Gasteiger partial charge in [-0.25, -0.2) is 4.79 Å². The number of hydrogen-bond donors (Lipinski definition) is 2. The summed E-state index contributed by atoms with van der Waals surface area (Å²) in [6.07, 6.45) is -0.498. The number of phenols is 1. The number of hydrogen-bond acceptors (Lipinski definition) is 3. The van der Waals surface area contributed by atoms with Gasteiger partial charge in [0, 0.05) is 6.54 Å². The van der Waals surface area contributed by atoms with Crippen molar-refractivity contribution in [3.05, 3.63) is 72.3 Å². The van der Waals surface area contributed by atoms with Crippen molar-refractivity contribution in [2.45, 2.75) is 6.54 Å². The van der Waals surface area contributed by atoms with Gasteiger partial charge in [0.25, 0.3) is 0 Å². The first-order valence-electron chi connectivity index (χ1n) is 6.93. The molecule has 4 nitrogen and oxygen atoms in total. The Kier molecular flexibility index (Phi) is 3.92. The topological polar surface area (TPSA) is 58.6 Å². The zero-order valence-corrected chi connectivity index (χ0v) is 11.8. The van der Waals surface area contributed by atoms with Crippen LogP contribution >= 0.6 is 0 Å². The van der Waals surface area contributed by atoms with E-state index >= 15 is 0 Å². The fourth-order valence-electron chi connectivity index (χ4n) is 2.19. The molecule has 0 heterocycles. The number of aromatic hydroxyl groups is 1. The molecule has 0 radical (unpaired) electrons. The fourth-order valence-corrected chi connectivity index (χ4v) is 2.19. The molecule has 0 saturated heterocycles. The average Bonchev–Trinajstić information content (AvgIpc) is 2.54. The predicted octanol–water partition coefficient (Wildman–Crippen LogP) is 3.83. The van der Waals surface area contributed by atoms with Crippen molar-refractivity contribution in [3.63, 3.8) is 0 Å². The summed E-state index contributed by atoms with van der Waals surface area (Å²) in [5.41, 5.74) is 1.01. The number of ether oxygens (including phenoxy) is 1. The lowest BCUT2D eigenvalue weighted by atomic mass is 10.1. The van der Waals surface area contributed by atoms with E-state index in [-0.39, 0.29) is 5.75 Å². The highest BCUT2D eigenvalue weighted by Crippen LogP contribution is 2.24. The zero-order valence-electron chi connectivity index (χ0n) is 11.8. The maximum atomic E-state index is 11.8. The molecule has 0 bridgehead atoms. The monoisotopic (exact) mass is 293 g/mol. The third-order valence-corrected chi connectivity index (χ3v) is 3.29. The van der Waals surface area contributed by atoms with E-state index in [1.54, 1.807) is 36.4 Å². The van der Waals surface area contributed by atoms with Crippen LogP contribution in [0.25, 0.3) is 10.8 Å². The van der Waals surface area contributed by atoms with Gasteiger partial charge in [-0.05, 0) is 40.6 Å². The first kappa shape index (κ1) is 13.9. The summed E-state index contributed by atoms with van der Waals surface area (Å²) in [5.74, 6) is 0.672. The van der Waals surface area contributed by atoms with Gasteiger partial charge in [0.05, 0.1) is 0 Å². The highest BCUT2D eigenvalue weighted by atomic mass is 16.6. The minimum absolute atomic E-state index is 0.210. The molecule has 0 unspecified atom stereocenters. The molecule has 110 valence electrons. The maximum absolute atomic E-state index is 11.8. The molecule has 0 aliphatic carbocycles. The average molecular weight is 293 g/mol. The van der Waals surface area contributed by atoms with Crippen LogP contribution in [-0.4, -0.2) is 11.2 Å². The summed E-state index contributed by atoms with van der Waals surface area (Å²) < 4.78 is 5.26. The Bertz CT molecular complexity index is 800. The molecule has 3 rings (SSSR count). The lowest BCUT2D eigenvalue weighted by Crippen LogP contribution is -2.26. The minimum atomic E-state index is -0.498. The fraction of sp³-hybridized carbons (Fsp3) is 0.0556. The van der Waals surface area contributed by atoms with E-state index < -0.39 is 6.09 Å². The molecular formula is C18H15NO3. The van der Waals surface area contributed by atoms with Crippen molar-refractivity contribution in [2.75, 3.05) is 0 Å². The van der Waals surface area contributed by atoms with E-state index in [2.05, 4.69) is 5.32 Å². The van der Waals surface area contributed by atoms with E-state index in [1.165, 1.54) is 0 Å². The van der Waals surface area contributed by atoms with Crippen molar-refractivity contribution in [1.82, 2.24) is 5.32 Å². The quantitative estimate of drug-likeness (QED) is 0.771. The van der Waals surface area contributed by atoms with Gasteiger partial charge < -0.3 is 15.2 Å². The molecule has 0 spiro atoms. The summed E-state index contributed by atoms with van der Waals surface area (Å²) in [6, 6.07) is 19.9. The number of benzene rings is 3. The smallest absolute Gasteiger partial charge is 0.412 e. The first-order chi connectivity index (χ1) is 10.7. The van der Waals surface area contributed by atoms with Gasteiger partial charge in [-0.1, -0.05) is 42.5 Å². The van der Waals surface area contributed by atoms with Crippen molar-refractivity contribution < 1.29 is 14.6 Å². The number of carbonyl (C=O) groups is 1. The first-order valence-corrected chi connectivity index (χ1v) is 6.93. The van der Waals surface area contributed by atoms with Crippen LogP contribution in [0, 0.1) is 0 Å². The van der Waals surface area contributed by atoms with Crippen LogP contribution in [0.15, 0.2) is 66.7 Å². The third kappa shape index (κ3) is 3.35. The summed E-state index contributed by atoms with van der Waals surface area (Å²) in [4.78, 5) is 11.8. The summed E-state index contributed by atoms with van der Waals surface area (Å²) >= 11 is 0. The number of nitrogens with one attached hydrogen (secondary N) is 1. The van der Waals surface area contributed by atoms with Gasteiger partial charge in [0.2, 0.25) is 0 Å². The Balaban J connectivity index is 1.65. The van der Waals surface area contributed by atoms with Gasteiger partial charge in [-0.2, -0.15) is 0 Å². The molecule has 0 fully saturated rings. The van der Waals surface area contributed by atoms with Crippen LogP contribution in [0.4, 0.5) is 4.79 Å². The lowest BCUT2D eigenvalue weighted by Gasteiger charge is -2.08. The molecule has 0 atom stereocenters. The Morgan fingerprint density at radius 2 is 1.68 bits per heavy atom. The normalized spacial score (nSPS) is 10.4. The van der Waals surface area contributed by atoms with Crippen LogP contribution in [0.5, 0.6) is 11.5 Å². The molecule has 2 N–H and O–H groups in total. The van der Waals surface area contributed by atoms with Crippen LogP contribution in [0.2, 0.25) is 0 Å². The Morgan fingerprint density at radius 3 is 2.50 bits per heavy atom. The van der Waals surface area contributed by atoms with Gasteiger partial charge in [-0.15, -0.1) is 0 Å². The number of fused-ring (bicyclic) bond motifs is 1. The van der Waals surface area contributed by atoms with Gasteiger partial charge >= 0.3 is 6.09 Å². The van der Waals surface area contributed by atoms with Crippen LogP contribution in [0.3, 0.4) is 0 Å². The number of rotatable bonds is 3. The second-order valence-corrected chi connectivity index (χ2v) is 4.92. The molecule has 4 heteroatoms. The Hall–Kier alpha value is -3.01. The van der Waals surface area contributed by atoms with Crippen molar-refractivity contribution in [1.29, 1.82) is 0 Å². The second-order valence-electron chi connectivity index (χ2n) is 4.92. The highest BCUT2D eigenvalue weighted by molar-refractivity contribution is 5.85. The van der Waals surface area contributed by atoms with E-state index in [4.69, 9.17) is 4.74 Å². The van der Waals surface area contributed by atoms with Crippen molar-refractivity contribution in [3.8, 4) is 11.5 Å². The van der Waals surface area contributed by atoms with Gasteiger partial charge in [-0.3, -0.25) is 0 Å². The predicted molar refractivity (Wildman–Crippen MR) is 84.9 cm³/mol. The van der Waals surface area contributed by atoms with E-state index in [9.17, 15) is 9.90 Å². The molecular weight excluding hydrogens is 278 g/mol. The van der Waals surface area contributed by atoms with E-state index in [0.717, 1.165) is 16.3 Å². The van der Waals surface area contributed by atoms with Crippen LogP contribution in [-0.2, 0) is 6.54 Å². The molecule has 0 saturated carbocycles. The largest absolute Gasteiger partial charge is 0.508 e. The molecule has 0 aliphatic heterocycles. The Labute approximate surface area is 128 Å². The maximum Gasteiger partial charge on any atom is 0.412 e. The molecule has 3 aromatic carbocycles. The summed E-state index contributed by atoms with van der Waals surface area (Å²) in [6.45, 7) is 0.418. The van der Waals surface area contributed by atoms with Crippen LogP contribution in [0.1, 0.15) is 5.56 Å². The molecule has 1 amide bonds. The number of carbonyl (C=O) groups excluding carboxylic acids is 1. The number of amides is 1. The van der Waals surface area contributed by atoms with E-state index in [0.29, 0.717) is 12.3 Å². The molecule has 3 aromatic rings. The third-order valence-electron chi connectivity index (χ3n) is 3.29. The summed E-state index contributed by atoms with van der Waals surface area (Å²) in [7, 11) is 0. The van der Waals surface area contributed by atoms with Crippen LogP contribution < -0.4 is 10.1 Å². The van der Waals surface area contributed by atoms with E-state index in [1.807, 2.05) is 30.3 Å². The lowest BCUT2D eigenvalue weighted by molar-refractivity contribution is 0.200.